The van der Waals surface area contributed by atoms with E-state index in [1.54, 1.807) is 18.7 Å². The first kappa shape index (κ1) is 11.0. The van der Waals surface area contributed by atoms with Gasteiger partial charge in [0.2, 0.25) is 5.91 Å². The normalized spacial score (nSPS) is 30.1. The summed E-state index contributed by atoms with van der Waals surface area (Å²) in [5.74, 6) is -1.21. The highest BCUT2D eigenvalue weighted by molar-refractivity contribution is 5.81. The first-order valence-electron chi connectivity index (χ1n) is 4.63. The van der Waals surface area contributed by atoms with Crippen LogP contribution in [-0.2, 0) is 9.59 Å². The van der Waals surface area contributed by atoms with Crippen LogP contribution in [0.1, 0.15) is 20.3 Å². The van der Waals surface area contributed by atoms with Crippen molar-refractivity contribution in [1.29, 1.82) is 0 Å². The molecule has 0 aromatic rings. The van der Waals surface area contributed by atoms with Gasteiger partial charge in [0.1, 0.15) is 6.04 Å². The van der Waals surface area contributed by atoms with Crippen molar-refractivity contribution in [1.82, 2.24) is 4.90 Å². The van der Waals surface area contributed by atoms with E-state index >= 15 is 0 Å². The van der Waals surface area contributed by atoms with Crippen LogP contribution in [0.15, 0.2) is 0 Å². The molecule has 0 bridgehead atoms. The number of likely N-dealkylation sites (tertiary alicyclic amines) is 1. The maximum atomic E-state index is 11.1. The minimum atomic E-state index is -0.862. The highest BCUT2D eigenvalue weighted by Gasteiger charge is 2.41. The average molecular weight is 200 g/mol. The molecule has 0 saturated carbocycles. The molecule has 1 aliphatic heterocycles. The maximum Gasteiger partial charge on any atom is 0.320 e. The first-order chi connectivity index (χ1) is 6.37. The van der Waals surface area contributed by atoms with Crippen molar-refractivity contribution in [3.05, 3.63) is 0 Å². The van der Waals surface area contributed by atoms with Crippen molar-refractivity contribution in [3.8, 4) is 0 Å². The molecule has 14 heavy (non-hydrogen) atoms. The second kappa shape index (κ2) is 3.57. The zero-order chi connectivity index (χ0) is 10.9. The average Bonchev–Trinajstić information content (AvgIpc) is 2.48. The Morgan fingerprint density at radius 1 is 1.57 bits per heavy atom. The van der Waals surface area contributed by atoms with Gasteiger partial charge in [-0.25, -0.2) is 0 Å². The van der Waals surface area contributed by atoms with Gasteiger partial charge in [-0.15, -0.1) is 0 Å². The van der Waals surface area contributed by atoms with Crippen LogP contribution in [0.5, 0.6) is 0 Å². The standard InChI is InChI=1S/C9H16N2O3/c1-6(7(12)13)11-4-3-9(2,5-11)8(10)14/h6H,3-5H2,1-2H3,(H2,10,14)(H,12,13). The Morgan fingerprint density at radius 3 is 2.50 bits per heavy atom. The zero-order valence-electron chi connectivity index (χ0n) is 8.49. The van der Waals surface area contributed by atoms with E-state index in [1.807, 2.05) is 0 Å². The number of carboxylic acid groups (broad SMARTS) is 1. The van der Waals surface area contributed by atoms with E-state index in [0.717, 1.165) is 0 Å². The number of primary amides is 1. The lowest BCUT2D eigenvalue weighted by atomic mass is 9.89. The van der Waals surface area contributed by atoms with Gasteiger partial charge in [0, 0.05) is 13.1 Å². The number of carboxylic acids is 1. The van der Waals surface area contributed by atoms with Gasteiger partial charge in [-0.3, -0.25) is 14.5 Å². The van der Waals surface area contributed by atoms with Crippen molar-refractivity contribution in [3.63, 3.8) is 0 Å². The molecule has 2 atom stereocenters. The molecular weight excluding hydrogens is 184 g/mol. The monoisotopic (exact) mass is 200 g/mol. The molecule has 80 valence electrons. The van der Waals surface area contributed by atoms with Crippen LogP contribution in [0.25, 0.3) is 0 Å². The quantitative estimate of drug-likeness (QED) is 0.652. The third kappa shape index (κ3) is 1.87. The van der Waals surface area contributed by atoms with Gasteiger partial charge in [0.15, 0.2) is 0 Å². The van der Waals surface area contributed by atoms with Gasteiger partial charge in [-0.2, -0.15) is 0 Å². The van der Waals surface area contributed by atoms with Crippen molar-refractivity contribution in [2.75, 3.05) is 13.1 Å². The van der Waals surface area contributed by atoms with Crippen molar-refractivity contribution in [2.45, 2.75) is 26.3 Å². The molecule has 0 aromatic heterocycles. The Morgan fingerprint density at radius 2 is 2.14 bits per heavy atom. The number of amides is 1. The molecule has 0 spiro atoms. The minimum absolute atomic E-state index is 0.349. The molecule has 1 amide bonds. The van der Waals surface area contributed by atoms with Gasteiger partial charge in [-0.1, -0.05) is 0 Å². The molecule has 0 radical (unpaired) electrons. The highest BCUT2D eigenvalue weighted by Crippen LogP contribution is 2.30. The van der Waals surface area contributed by atoms with Crippen molar-refractivity contribution in [2.24, 2.45) is 11.1 Å². The number of nitrogens with two attached hydrogens (primary N) is 1. The number of rotatable bonds is 3. The third-order valence-corrected chi connectivity index (χ3v) is 3.00. The fourth-order valence-electron chi connectivity index (χ4n) is 1.68. The Kier molecular flexibility index (Phi) is 2.80. The predicted molar refractivity (Wildman–Crippen MR) is 50.6 cm³/mol. The summed E-state index contributed by atoms with van der Waals surface area (Å²) in [5.41, 5.74) is 4.69. The van der Waals surface area contributed by atoms with Crippen LogP contribution in [-0.4, -0.2) is 41.0 Å². The first-order valence-corrected chi connectivity index (χ1v) is 4.63. The van der Waals surface area contributed by atoms with Crippen molar-refractivity contribution >= 4 is 11.9 Å². The van der Waals surface area contributed by atoms with Crippen LogP contribution in [0.2, 0.25) is 0 Å². The Bertz CT molecular complexity index is 267. The lowest BCUT2D eigenvalue weighted by molar-refractivity contribution is -0.142. The summed E-state index contributed by atoms with van der Waals surface area (Å²) in [4.78, 5) is 23.6. The lowest BCUT2D eigenvalue weighted by Crippen LogP contribution is -2.42. The van der Waals surface area contributed by atoms with Gasteiger partial charge in [-0.05, 0) is 20.3 Å². The summed E-state index contributed by atoms with van der Waals surface area (Å²) in [5, 5.41) is 8.79. The van der Waals surface area contributed by atoms with E-state index in [1.165, 1.54) is 0 Å². The number of nitrogens with zero attached hydrogens (tertiary/aromatic N) is 1. The van der Waals surface area contributed by atoms with Gasteiger partial charge in [0.05, 0.1) is 5.41 Å². The summed E-state index contributed by atoms with van der Waals surface area (Å²) >= 11 is 0. The molecule has 3 N–H and O–H groups in total. The number of hydrogen-bond donors (Lipinski definition) is 2. The second-order valence-electron chi connectivity index (χ2n) is 4.16. The van der Waals surface area contributed by atoms with E-state index in [9.17, 15) is 9.59 Å². The smallest absolute Gasteiger partial charge is 0.320 e. The Labute approximate surface area is 82.9 Å². The molecule has 1 fully saturated rings. The van der Waals surface area contributed by atoms with Crippen LogP contribution < -0.4 is 5.73 Å². The Hall–Kier alpha value is -1.10. The largest absolute Gasteiger partial charge is 0.480 e. The molecule has 1 heterocycles. The van der Waals surface area contributed by atoms with Crippen LogP contribution in [0, 0.1) is 5.41 Å². The zero-order valence-corrected chi connectivity index (χ0v) is 8.49. The Balaban J connectivity index is 2.65. The number of carbonyl (C=O) groups is 2. The van der Waals surface area contributed by atoms with Crippen LogP contribution >= 0.6 is 0 Å². The summed E-state index contributed by atoms with van der Waals surface area (Å²) < 4.78 is 0. The molecule has 0 aromatic carbocycles. The van der Waals surface area contributed by atoms with Gasteiger partial charge >= 0.3 is 5.97 Å². The molecule has 1 rings (SSSR count). The van der Waals surface area contributed by atoms with E-state index in [-0.39, 0.29) is 5.91 Å². The van der Waals surface area contributed by atoms with Crippen LogP contribution in [0.3, 0.4) is 0 Å². The molecule has 1 aliphatic rings. The fraction of sp³-hybridized carbons (Fsp3) is 0.778. The van der Waals surface area contributed by atoms with Crippen LogP contribution in [0.4, 0.5) is 0 Å². The highest BCUT2D eigenvalue weighted by atomic mass is 16.4. The van der Waals surface area contributed by atoms with Gasteiger partial charge in [0.25, 0.3) is 0 Å². The van der Waals surface area contributed by atoms with E-state index in [2.05, 4.69) is 0 Å². The predicted octanol–water partition coefficient (Wildman–Crippen LogP) is -0.343. The summed E-state index contributed by atoms with van der Waals surface area (Å²) in [6, 6.07) is -0.545. The number of aliphatic carboxylic acids is 1. The molecule has 5 heteroatoms. The molecule has 5 nitrogen and oxygen atoms in total. The minimum Gasteiger partial charge on any atom is -0.480 e. The fourth-order valence-corrected chi connectivity index (χ4v) is 1.68. The maximum absolute atomic E-state index is 11.1. The SMILES string of the molecule is CC(C(=O)O)N1CCC(C)(C(N)=O)C1. The lowest BCUT2D eigenvalue weighted by Gasteiger charge is -2.23. The van der Waals surface area contributed by atoms with E-state index in [0.29, 0.717) is 19.5 Å². The summed E-state index contributed by atoms with van der Waals surface area (Å²) in [7, 11) is 0. The number of hydrogen-bond acceptors (Lipinski definition) is 3. The van der Waals surface area contributed by atoms with E-state index < -0.39 is 17.4 Å². The number of carbonyl (C=O) groups excluding carboxylic acids is 1. The molecule has 2 unspecified atom stereocenters. The van der Waals surface area contributed by atoms with Gasteiger partial charge < -0.3 is 10.8 Å². The van der Waals surface area contributed by atoms with E-state index in [4.69, 9.17) is 10.8 Å². The third-order valence-electron chi connectivity index (χ3n) is 3.00. The molecule has 0 aliphatic carbocycles. The molecular formula is C9H16N2O3. The topological polar surface area (TPSA) is 83.6 Å². The molecule has 1 saturated heterocycles. The summed E-state index contributed by atoms with van der Waals surface area (Å²) in [6.45, 7) is 4.46. The van der Waals surface area contributed by atoms with Crippen molar-refractivity contribution < 1.29 is 14.7 Å². The summed E-state index contributed by atoms with van der Waals surface area (Å²) in [6.07, 6.45) is 0.639. The second-order valence-corrected chi connectivity index (χ2v) is 4.16.